The van der Waals surface area contributed by atoms with E-state index in [1.165, 1.54) is 6.07 Å². The summed E-state index contributed by atoms with van der Waals surface area (Å²) >= 11 is 0. The zero-order valence-electron chi connectivity index (χ0n) is 8.16. The maximum Gasteiger partial charge on any atom is 0.136 e. The van der Waals surface area contributed by atoms with Crippen LogP contribution in [0.25, 0.3) is 10.9 Å². The van der Waals surface area contributed by atoms with Gasteiger partial charge in [0.15, 0.2) is 0 Å². The van der Waals surface area contributed by atoms with Crippen molar-refractivity contribution in [2.24, 2.45) is 0 Å². The number of nitrogens with zero attached hydrogens (tertiary/aromatic N) is 2. The first kappa shape index (κ1) is 8.99. The smallest absolute Gasteiger partial charge is 0.136 e. The molecule has 0 amide bonds. The van der Waals surface area contributed by atoms with Gasteiger partial charge in [-0.15, -0.1) is 0 Å². The fourth-order valence-electron chi connectivity index (χ4n) is 1.53. The van der Waals surface area contributed by atoms with Gasteiger partial charge in [-0.05, 0) is 26.0 Å². The summed E-state index contributed by atoms with van der Waals surface area (Å²) in [6.45, 7) is 3.92. The molecule has 74 valence electrons. The van der Waals surface area contributed by atoms with Gasteiger partial charge in [-0.1, -0.05) is 6.07 Å². The van der Waals surface area contributed by atoms with Crippen molar-refractivity contribution in [2.75, 3.05) is 5.73 Å². The molecule has 0 atom stereocenters. The molecule has 14 heavy (non-hydrogen) atoms. The molecule has 3 nitrogen and oxygen atoms in total. The maximum atomic E-state index is 13.4. The molecule has 0 aliphatic heterocycles. The first-order valence-corrected chi connectivity index (χ1v) is 4.53. The Bertz CT molecular complexity index is 473. The van der Waals surface area contributed by atoms with Crippen molar-refractivity contribution in [3.63, 3.8) is 0 Å². The summed E-state index contributed by atoms with van der Waals surface area (Å²) in [5.74, 6) is 0.0833. The van der Waals surface area contributed by atoms with Crippen LogP contribution < -0.4 is 5.73 Å². The molecule has 0 bridgehead atoms. The highest BCUT2D eigenvalue weighted by Crippen LogP contribution is 2.25. The largest absolute Gasteiger partial charge is 0.383 e. The monoisotopic (exact) mass is 193 g/mol. The standard InChI is InChI=1S/C10H12FN3/c1-6(2)14-10(12)9-7(11)4-3-5-8(9)13-14/h3-6H,12H2,1-2H3. The summed E-state index contributed by atoms with van der Waals surface area (Å²) in [6, 6.07) is 4.93. The van der Waals surface area contributed by atoms with Crippen LogP contribution in [-0.4, -0.2) is 9.78 Å². The third kappa shape index (κ3) is 1.14. The Labute approximate surface area is 81.3 Å². The molecule has 1 heterocycles. The van der Waals surface area contributed by atoms with E-state index in [0.29, 0.717) is 16.7 Å². The van der Waals surface area contributed by atoms with Gasteiger partial charge in [0.25, 0.3) is 0 Å². The van der Waals surface area contributed by atoms with Gasteiger partial charge in [-0.2, -0.15) is 5.10 Å². The predicted octanol–water partition coefficient (Wildman–Crippen LogP) is 2.34. The summed E-state index contributed by atoms with van der Waals surface area (Å²) in [4.78, 5) is 0. The Hall–Kier alpha value is -1.58. The van der Waals surface area contributed by atoms with Crippen LogP contribution in [0.3, 0.4) is 0 Å². The van der Waals surface area contributed by atoms with Crippen LogP contribution in [-0.2, 0) is 0 Å². The van der Waals surface area contributed by atoms with E-state index in [9.17, 15) is 4.39 Å². The fraction of sp³-hybridized carbons (Fsp3) is 0.300. The number of hydrogen-bond donors (Lipinski definition) is 1. The van der Waals surface area contributed by atoms with Crippen molar-refractivity contribution < 1.29 is 4.39 Å². The summed E-state index contributed by atoms with van der Waals surface area (Å²) in [5, 5.41) is 4.64. The van der Waals surface area contributed by atoms with Crippen LogP contribution in [0.1, 0.15) is 19.9 Å². The Morgan fingerprint density at radius 3 is 2.71 bits per heavy atom. The number of rotatable bonds is 1. The van der Waals surface area contributed by atoms with Gasteiger partial charge in [0, 0.05) is 6.04 Å². The Balaban J connectivity index is 2.81. The molecule has 0 saturated carbocycles. The molecular formula is C10H12FN3. The number of halogens is 1. The number of nitrogen functional groups attached to an aromatic ring is 1. The van der Waals surface area contributed by atoms with Gasteiger partial charge in [0.1, 0.15) is 11.6 Å². The molecule has 2 rings (SSSR count). The molecule has 1 aromatic carbocycles. The van der Waals surface area contributed by atoms with Gasteiger partial charge < -0.3 is 5.73 Å². The van der Waals surface area contributed by atoms with Gasteiger partial charge in [-0.25, -0.2) is 9.07 Å². The van der Waals surface area contributed by atoms with Crippen LogP contribution in [0.15, 0.2) is 18.2 Å². The molecule has 0 aliphatic rings. The number of nitrogens with two attached hydrogens (primary N) is 1. The lowest BCUT2D eigenvalue weighted by molar-refractivity contribution is 0.545. The molecule has 0 radical (unpaired) electrons. The van der Waals surface area contributed by atoms with Crippen LogP contribution in [0.2, 0.25) is 0 Å². The van der Waals surface area contributed by atoms with E-state index < -0.39 is 0 Å². The Kier molecular flexibility index (Phi) is 1.91. The zero-order chi connectivity index (χ0) is 10.3. The molecule has 4 heteroatoms. The van der Waals surface area contributed by atoms with Gasteiger partial charge in [0.2, 0.25) is 0 Å². The highest BCUT2D eigenvalue weighted by molar-refractivity contribution is 5.89. The van der Waals surface area contributed by atoms with Gasteiger partial charge in [0.05, 0.1) is 10.9 Å². The molecular weight excluding hydrogens is 181 g/mol. The van der Waals surface area contributed by atoms with E-state index >= 15 is 0 Å². The van der Waals surface area contributed by atoms with Crippen molar-refractivity contribution in [3.8, 4) is 0 Å². The maximum absolute atomic E-state index is 13.4. The topological polar surface area (TPSA) is 43.8 Å². The average Bonchev–Trinajstić information content (AvgIpc) is 2.45. The molecule has 2 aromatic rings. The highest BCUT2D eigenvalue weighted by Gasteiger charge is 2.13. The van der Waals surface area contributed by atoms with Crippen LogP contribution in [0.5, 0.6) is 0 Å². The molecule has 0 aliphatic carbocycles. The van der Waals surface area contributed by atoms with E-state index in [1.807, 2.05) is 13.8 Å². The summed E-state index contributed by atoms with van der Waals surface area (Å²) in [6.07, 6.45) is 0. The van der Waals surface area contributed by atoms with Crippen LogP contribution in [0.4, 0.5) is 10.2 Å². The first-order valence-electron chi connectivity index (χ1n) is 4.53. The minimum Gasteiger partial charge on any atom is -0.383 e. The van der Waals surface area contributed by atoms with E-state index in [4.69, 9.17) is 5.73 Å². The van der Waals surface area contributed by atoms with Crippen molar-refractivity contribution >= 4 is 16.7 Å². The summed E-state index contributed by atoms with van der Waals surface area (Å²) in [5.41, 5.74) is 6.41. The number of anilines is 1. The second-order valence-corrected chi connectivity index (χ2v) is 3.56. The van der Waals surface area contributed by atoms with Crippen LogP contribution >= 0.6 is 0 Å². The minimum absolute atomic E-state index is 0.141. The van der Waals surface area contributed by atoms with E-state index in [2.05, 4.69) is 5.10 Å². The molecule has 2 N–H and O–H groups in total. The Morgan fingerprint density at radius 2 is 2.14 bits per heavy atom. The van der Waals surface area contributed by atoms with E-state index in [-0.39, 0.29) is 11.9 Å². The SMILES string of the molecule is CC(C)n1nc2cccc(F)c2c1N. The highest BCUT2D eigenvalue weighted by atomic mass is 19.1. The lowest BCUT2D eigenvalue weighted by atomic mass is 10.2. The zero-order valence-corrected chi connectivity index (χ0v) is 8.16. The van der Waals surface area contributed by atoms with E-state index in [1.54, 1.807) is 16.8 Å². The lowest BCUT2D eigenvalue weighted by Gasteiger charge is -2.06. The first-order chi connectivity index (χ1) is 6.61. The molecule has 0 fully saturated rings. The second-order valence-electron chi connectivity index (χ2n) is 3.56. The summed E-state index contributed by atoms with van der Waals surface area (Å²) in [7, 11) is 0. The molecule has 0 spiro atoms. The van der Waals surface area contributed by atoms with Crippen molar-refractivity contribution in [2.45, 2.75) is 19.9 Å². The van der Waals surface area contributed by atoms with Gasteiger partial charge >= 0.3 is 0 Å². The van der Waals surface area contributed by atoms with E-state index in [0.717, 1.165) is 0 Å². The Morgan fingerprint density at radius 1 is 1.43 bits per heavy atom. The predicted molar refractivity (Wildman–Crippen MR) is 54.5 cm³/mol. The third-order valence-corrected chi connectivity index (χ3v) is 2.20. The van der Waals surface area contributed by atoms with Crippen molar-refractivity contribution in [1.82, 2.24) is 9.78 Å². The molecule has 0 unspecified atom stereocenters. The lowest BCUT2D eigenvalue weighted by Crippen LogP contribution is -2.06. The number of aromatic nitrogens is 2. The summed E-state index contributed by atoms with van der Waals surface area (Å²) < 4.78 is 15.0. The normalized spacial score (nSPS) is 11.4. The van der Waals surface area contributed by atoms with Crippen molar-refractivity contribution in [3.05, 3.63) is 24.0 Å². The van der Waals surface area contributed by atoms with Gasteiger partial charge in [-0.3, -0.25) is 0 Å². The third-order valence-electron chi connectivity index (χ3n) is 2.20. The molecule has 1 aromatic heterocycles. The molecule has 0 saturated heterocycles. The quantitative estimate of drug-likeness (QED) is 0.755. The second kappa shape index (κ2) is 2.97. The number of fused-ring (bicyclic) bond motifs is 1. The van der Waals surface area contributed by atoms with Crippen LogP contribution in [0, 0.1) is 5.82 Å². The van der Waals surface area contributed by atoms with Crippen molar-refractivity contribution in [1.29, 1.82) is 0 Å². The average molecular weight is 193 g/mol. The minimum atomic E-state index is -0.313. The fourth-order valence-corrected chi connectivity index (χ4v) is 1.53. The number of hydrogen-bond acceptors (Lipinski definition) is 2. The number of benzene rings is 1.